The minimum absolute atomic E-state index is 0.189. The van der Waals surface area contributed by atoms with Crippen LogP contribution < -0.4 is 4.74 Å². The number of pyridine rings is 1. The third-order valence-corrected chi connectivity index (χ3v) is 6.66. The van der Waals surface area contributed by atoms with Crippen molar-refractivity contribution in [3.8, 4) is 5.75 Å². The Kier molecular flexibility index (Phi) is 7.58. The minimum atomic E-state index is -1.02. The molecule has 0 aliphatic heterocycles. The highest BCUT2D eigenvalue weighted by molar-refractivity contribution is 5.69. The van der Waals surface area contributed by atoms with Gasteiger partial charge < -0.3 is 14.7 Å². The molecule has 0 fully saturated rings. The lowest BCUT2D eigenvalue weighted by Gasteiger charge is -2.36. The van der Waals surface area contributed by atoms with Crippen molar-refractivity contribution in [2.75, 3.05) is 26.2 Å². The molecule has 0 spiro atoms. The monoisotopic (exact) mass is 442 g/mol. The van der Waals surface area contributed by atoms with Crippen LogP contribution in [0.15, 0.2) is 85.2 Å². The molecule has 4 heteroatoms. The fourth-order valence-corrected chi connectivity index (χ4v) is 4.70. The van der Waals surface area contributed by atoms with Crippen LogP contribution >= 0.6 is 0 Å². The van der Waals surface area contributed by atoms with Crippen molar-refractivity contribution in [1.29, 1.82) is 0 Å². The van der Waals surface area contributed by atoms with E-state index in [0.717, 1.165) is 54.1 Å². The molecule has 2 aromatic carbocycles. The summed E-state index contributed by atoms with van der Waals surface area (Å²) >= 11 is 0. The molecular weight excluding hydrogens is 408 g/mol. The van der Waals surface area contributed by atoms with Gasteiger partial charge >= 0.3 is 0 Å². The lowest BCUT2D eigenvalue weighted by molar-refractivity contribution is 0.0671. The van der Waals surface area contributed by atoms with Gasteiger partial charge in [0.2, 0.25) is 0 Å². The van der Waals surface area contributed by atoms with Crippen molar-refractivity contribution in [1.82, 2.24) is 9.88 Å². The van der Waals surface area contributed by atoms with Gasteiger partial charge in [-0.15, -0.1) is 0 Å². The zero-order valence-corrected chi connectivity index (χ0v) is 19.7. The molecule has 0 radical (unpaired) electrons. The second kappa shape index (κ2) is 10.8. The van der Waals surface area contributed by atoms with E-state index in [-0.39, 0.29) is 5.92 Å². The third-order valence-electron chi connectivity index (χ3n) is 6.66. The van der Waals surface area contributed by atoms with Gasteiger partial charge in [-0.05, 0) is 78.4 Å². The van der Waals surface area contributed by atoms with E-state index in [9.17, 15) is 5.11 Å². The number of aromatic nitrogens is 1. The van der Waals surface area contributed by atoms with Gasteiger partial charge in [-0.2, -0.15) is 0 Å². The van der Waals surface area contributed by atoms with Crippen LogP contribution in [0, 0.1) is 0 Å². The van der Waals surface area contributed by atoms with Crippen molar-refractivity contribution in [3.63, 3.8) is 0 Å². The molecule has 0 amide bonds. The van der Waals surface area contributed by atoms with E-state index in [1.165, 1.54) is 0 Å². The Morgan fingerprint density at radius 3 is 2.42 bits per heavy atom. The molecule has 2 unspecified atom stereocenters. The zero-order valence-electron chi connectivity index (χ0n) is 19.7. The third kappa shape index (κ3) is 5.70. The van der Waals surface area contributed by atoms with Crippen molar-refractivity contribution < 1.29 is 9.84 Å². The Balaban J connectivity index is 1.57. The summed E-state index contributed by atoms with van der Waals surface area (Å²) in [4.78, 5) is 6.67. The molecule has 172 valence electrons. The summed E-state index contributed by atoms with van der Waals surface area (Å²) in [5.74, 6) is 1.07. The van der Waals surface area contributed by atoms with Crippen LogP contribution in [0.25, 0.3) is 5.57 Å². The summed E-state index contributed by atoms with van der Waals surface area (Å²) in [5, 5.41) is 11.7. The molecule has 4 rings (SSSR count). The number of aliphatic hydroxyl groups is 1. The quantitative estimate of drug-likeness (QED) is 0.465. The maximum absolute atomic E-state index is 11.7. The van der Waals surface area contributed by atoms with Crippen LogP contribution in [0.4, 0.5) is 0 Å². The van der Waals surface area contributed by atoms with Gasteiger partial charge in [-0.3, -0.25) is 4.98 Å². The molecule has 0 saturated heterocycles. The van der Waals surface area contributed by atoms with Crippen molar-refractivity contribution in [3.05, 3.63) is 102 Å². The molecule has 0 bridgehead atoms. The first kappa shape index (κ1) is 23.2. The van der Waals surface area contributed by atoms with Gasteiger partial charge in [0.25, 0.3) is 0 Å². The summed E-state index contributed by atoms with van der Waals surface area (Å²) in [6, 6.07) is 22.3. The van der Waals surface area contributed by atoms with Crippen LogP contribution in [0.3, 0.4) is 0 Å². The standard InChI is InChI=1S/C29H34N2O2/c1-3-31(4-2)17-18-33-28-14-12-23(13-15-28)25-19-26(24-9-8-16-30-22-24)21-29(32,20-25)27-10-6-5-7-11-27/h5-16,20,22,26,32H,3-4,17-19,21H2,1-2H3. The number of allylic oxidation sites excluding steroid dienone is 1. The normalized spacial score (nSPS) is 20.5. The number of benzene rings is 2. The molecule has 1 aromatic heterocycles. The number of likely N-dealkylation sites (N-methyl/N-ethyl adjacent to an activating group) is 1. The average molecular weight is 443 g/mol. The Morgan fingerprint density at radius 2 is 1.76 bits per heavy atom. The van der Waals surface area contributed by atoms with Crippen molar-refractivity contribution >= 4 is 5.57 Å². The Morgan fingerprint density at radius 1 is 1.00 bits per heavy atom. The van der Waals surface area contributed by atoms with Crippen molar-refractivity contribution in [2.24, 2.45) is 0 Å². The molecule has 0 saturated carbocycles. The fourth-order valence-electron chi connectivity index (χ4n) is 4.70. The summed E-state index contributed by atoms with van der Waals surface area (Å²) in [5.41, 5.74) is 3.33. The highest BCUT2D eigenvalue weighted by Crippen LogP contribution is 2.45. The summed E-state index contributed by atoms with van der Waals surface area (Å²) in [6.45, 7) is 8.03. The van der Waals surface area contributed by atoms with Crippen LogP contribution in [-0.2, 0) is 5.60 Å². The fraction of sp³-hybridized carbons (Fsp3) is 0.345. The topological polar surface area (TPSA) is 45.6 Å². The molecular formula is C29H34N2O2. The number of hydrogen-bond donors (Lipinski definition) is 1. The maximum atomic E-state index is 11.7. The van der Waals surface area contributed by atoms with Gasteiger partial charge in [-0.1, -0.05) is 62.4 Å². The predicted octanol–water partition coefficient (Wildman–Crippen LogP) is 5.65. The van der Waals surface area contributed by atoms with Crippen molar-refractivity contribution in [2.45, 2.75) is 38.2 Å². The van der Waals surface area contributed by atoms with Gasteiger partial charge in [0, 0.05) is 18.9 Å². The smallest absolute Gasteiger partial charge is 0.119 e. The number of hydrogen-bond acceptors (Lipinski definition) is 4. The summed E-state index contributed by atoms with van der Waals surface area (Å²) in [7, 11) is 0. The maximum Gasteiger partial charge on any atom is 0.119 e. The summed E-state index contributed by atoms with van der Waals surface area (Å²) in [6.07, 6.45) is 7.27. The highest BCUT2D eigenvalue weighted by atomic mass is 16.5. The molecule has 2 atom stereocenters. The van der Waals surface area contributed by atoms with E-state index in [0.29, 0.717) is 13.0 Å². The first-order valence-electron chi connectivity index (χ1n) is 12.0. The Hall–Kier alpha value is -2.95. The van der Waals surface area contributed by atoms with Crippen LogP contribution in [0.2, 0.25) is 0 Å². The van der Waals surface area contributed by atoms with E-state index < -0.39 is 5.60 Å². The molecule has 1 N–H and O–H groups in total. The van der Waals surface area contributed by atoms with Crippen LogP contribution in [-0.4, -0.2) is 41.2 Å². The second-order valence-corrected chi connectivity index (χ2v) is 8.75. The second-order valence-electron chi connectivity index (χ2n) is 8.75. The van der Waals surface area contributed by atoms with Gasteiger partial charge in [0.05, 0.1) is 0 Å². The molecule has 33 heavy (non-hydrogen) atoms. The van der Waals surface area contributed by atoms with E-state index in [1.807, 2.05) is 60.8 Å². The number of nitrogens with zero attached hydrogens (tertiary/aromatic N) is 2. The van der Waals surface area contributed by atoms with Gasteiger partial charge in [0.15, 0.2) is 0 Å². The summed E-state index contributed by atoms with van der Waals surface area (Å²) < 4.78 is 5.96. The van der Waals surface area contributed by atoms with E-state index in [4.69, 9.17) is 4.74 Å². The lowest BCUT2D eigenvalue weighted by atomic mass is 9.72. The first-order valence-corrected chi connectivity index (χ1v) is 12.0. The zero-order chi connectivity index (χ0) is 23.1. The largest absolute Gasteiger partial charge is 0.492 e. The molecule has 3 aromatic rings. The SMILES string of the molecule is CCN(CC)CCOc1ccc(C2=CC(O)(c3ccccc3)CC(c3cccnc3)C2)cc1. The van der Waals surface area contributed by atoms with Gasteiger partial charge in [-0.25, -0.2) is 0 Å². The van der Waals surface area contributed by atoms with E-state index in [1.54, 1.807) is 6.20 Å². The van der Waals surface area contributed by atoms with Crippen LogP contribution in [0.5, 0.6) is 5.75 Å². The van der Waals surface area contributed by atoms with Gasteiger partial charge in [0.1, 0.15) is 18.0 Å². The van der Waals surface area contributed by atoms with Crippen LogP contribution in [0.1, 0.15) is 49.3 Å². The minimum Gasteiger partial charge on any atom is -0.492 e. The molecule has 4 nitrogen and oxygen atoms in total. The van der Waals surface area contributed by atoms with E-state index in [2.05, 4.69) is 41.9 Å². The Bertz CT molecular complexity index is 1030. The molecule has 1 heterocycles. The predicted molar refractivity (Wildman–Crippen MR) is 134 cm³/mol. The molecule has 1 aliphatic rings. The number of ether oxygens (including phenoxy) is 1. The highest BCUT2D eigenvalue weighted by Gasteiger charge is 2.36. The Labute approximate surface area is 197 Å². The first-order chi connectivity index (χ1) is 16.1. The average Bonchev–Trinajstić information content (AvgIpc) is 2.88. The molecule has 1 aliphatic carbocycles. The number of rotatable bonds is 9. The van der Waals surface area contributed by atoms with E-state index >= 15 is 0 Å². The lowest BCUT2D eigenvalue weighted by Crippen LogP contribution is -2.30.